The molecule has 5 heteroatoms. The molecular weight excluding hydrogens is 290 g/mol. The van der Waals surface area contributed by atoms with Crippen molar-refractivity contribution < 1.29 is 9.53 Å². The first-order chi connectivity index (χ1) is 11.2. The molecule has 2 aliphatic heterocycles. The molecule has 1 unspecified atom stereocenters. The molecule has 2 aliphatic rings. The van der Waals surface area contributed by atoms with Crippen LogP contribution in [0.1, 0.15) is 23.7 Å². The van der Waals surface area contributed by atoms with Gasteiger partial charge in [0.2, 0.25) is 0 Å². The number of para-hydroxylation sites is 1. The minimum atomic E-state index is 0.156. The molecule has 23 heavy (non-hydrogen) atoms. The number of fused-ring (bicyclic) bond motifs is 1. The molecule has 0 aliphatic carbocycles. The summed E-state index contributed by atoms with van der Waals surface area (Å²) in [6.45, 7) is 8.38. The van der Waals surface area contributed by atoms with Gasteiger partial charge in [-0.25, -0.2) is 0 Å². The quantitative estimate of drug-likeness (QED) is 0.847. The fraction of sp³-hybridized carbons (Fsp3) is 0.611. The summed E-state index contributed by atoms with van der Waals surface area (Å²) >= 11 is 0. The second kappa shape index (κ2) is 7.32. The van der Waals surface area contributed by atoms with Crippen molar-refractivity contribution in [2.24, 2.45) is 0 Å². The summed E-state index contributed by atoms with van der Waals surface area (Å²) in [7, 11) is 2.12. The minimum Gasteiger partial charge on any atom is -0.379 e. The third-order valence-corrected chi connectivity index (χ3v) is 5.04. The Morgan fingerprint density at radius 3 is 2.70 bits per heavy atom. The molecule has 1 fully saturated rings. The Kier molecular flexibility index (Phi) is 5.18. The molecule has 1 saturated heterocycles. The zero-order valence-corrected chi connectivity index (χ0v) is 14.2. The highest BCUT2D eigenvalue weighted by molar-refractivity contribution is 6.00. The van der Waals surface area contributed by atoms with E-state index in [-0.39, 0.29) is 5.91 Å². The second-order valence-corrected chi connectivity index (χ2v) is 6.37. The Morgan fingerprint density at radius 2 is 1.96 bits per heavy atom. The predicted octanol–water partition coefficient (Wildman–Crippen LogP) is 1.69. The Balaban J connectivity index is 1.76. The molecule has 0 spiro atoms. The predicted molar refractivity (Wildman–Crippen MR) is 92.1 cm³/mol. The van der Waals surface area contributed by atoms with Crippen molar-refractivity contribution in [1.29, 1.82) is 0 Å². The lowest BCUT2D eigenvalue weighted by Crippen LogP contribution is -2.44. The van der Waals surface area contributed by atoms with E-state index in [2.05, 4.69) is 29.8 Å². The van der Waals surface area contributed by atoms with Gasteiger partial charge < -0.3 is 14.5 Å². The molecule has 0 bridgehead atoms. The standard InChI is InChI=1S/C18H27N3O2/c1-3-21-14-15(8-9-20-10-12-23-13-11-20)19(2)17-7-5-4-6-16(17)18(21)22/h4-7,15H,3,8-14H2,1-2H3. The van der Waals surface area contributed by atoms with Crippen molar-refractivity contribution in [3.8, 4) is 0 Å². The van der Waals surface area contributed by atoms with E-state index in [0.717, 1.165) is 63.6 Å². The molecule has 126 valence electrons. The number of likely N-dealkylation sites (N-methyl/N-ethyl adjacent to an activating group) is 2. The molecule has 0 N–H and O–H groups in total. The zero-order valence-electron chi connectivity index (χ0n) is 14.2. The van der Waals surface area contributed by atoms with Gasteiger partial charge in [0.15, 0.2) is 0 Å². The number of rotatable bonds is 4. The van der Waals surface area contributed by atoms with Crippen molar-refractivity contribution >= 4 is 11.6 Å². The second-order valence-electron chi connectivity index (χ2n) is 6.37. The highest BCUT2D eigenvalue weighted by atomic mass is 16.5. The van der Waals surface area contributed by atoms with Gasteiger partial charge in [-0.05, 0) is 25.5 Å². The number of anilines is 1. The van der Waals surface area contributed by atoms with E-state index < -0.39 is 0 Å². The SMILES string of the molecule is CCN1CC(CCN2CCOCC2)N(C)c2ccccc2C1=O. The van der Waals surface area contributed by atoms with E-state index in [1.54, 1.807) is 0 Å². The number of hydrogen-bond acceptors (Lipinski definition) is 4. The van der Waals surface area contributed by atoms with Gasteiger partial charge in [-0.2, -0.15) is 0 Å². The maximum Gasteiger partial charge on any atom is 0.256 e. The fourth-order valence-electron chi connectivity index (χ4n) is 3.50. The molecule has 2 heterocycles. The smallest absolute Gasteiger partial charge is 0.256 e. The number of carbonyl (C=O) groups is 1. The van der Waals surface area contributed by atoms with E-state index >= 15 is 0 Å². The van der Waals surface area contributed by atoms with E-state index in [9.17, 15) is 4.79 Å². The van der Waals surface area contributed by atoms with Gasteiger partial charge in [-0.1, -0.05) is 12.1 Å². The van der Waals surface area contributed by atoms with Crippen molar-refractivity contribution in [2.45, 2.75) is 19.4 Å². The van der Waals surface area contributed by atoms with Gasteiger partial charge in [0.25, 0.3) is 5.91 Å². The van der Waals surface area contributed by atoms with Gasteiger partial charge >= 0.3 is 0 Å². The maximum absolute atomic E-state index is 12.7. The van der Waals surface area contributed by atoms with Crippen molar-refractivity contribution in [1.82, 2.24) is 9.80 Å². The number of amides is 1. The van der Waals surface area contributed by atoms with Crippen molar-refractivity contribution in [3.05, 3.63) is 29.8 Å². The van der Waals surface area contributed by atoms with Crippen LogP contribution in [0.2, 0.25) is 0 Å². The summed E-state index contributed by atoms with van der Waals surface area (Å²) in [6.07, 6.45) is 1.06. The molecule has 1 atom stereocenters. The number of nitrogens with zero attached hydrogens (tertiary/aromatic N) is 3. The lowest BCUT2D eigenvalue weighted by atomic mass is 10.1. The van der Waals surface area contributed by atoms with Gasteiger partial charge in [0, 0.05) is 51.5 Å². The van der Waals surface area contributed by atoms with Gasteiger partial charge in [-0.3, -0.25) is 9.69 Å². The average molecular weight is 317 g/mol. The van der Waals surface area contributed by atoms with E-state index in [1.165, 1.54) is 0 Å². The van der Waals surface area contributed by atoms with Crippen LogP contribution in [-0.4, -0.2) is 74.7 Å². The van der Waals surface area contributed by atoms with Crippen LogP contribution in [0.3, 0.4) is 0 Å². The molecule has 1 amide bonds. The largest absolute Gasteiger partial charge is 0.379 e. The first-order valence-electron chi connectivity index (χ1n) is 8.62. The molecule has 0 aromatic heterocycles. The Morgan fingerprint density at radius 1 is 1.22 bits per heavy atom. The summed E-state index contributed by atoms with van der Waals surface area (Å²) in [5.41, 5.74) is 1.88. The van der Waals surface area contributed by atoms with Crippen LogP contribution >= 0.6 is 0 Å². The summed E-state index contributed by atoms with van der Waals surface area (Å²) in [5, 5.41) is 0. The molecule has 1 aromatic carbocycles. The lowest BCUT2D eigenvalue weighted by Gasteiger charge is -2.33. The van der Waals surface area contributed by atoms with Crippen LogP contribution in [0.25, 0.3) is 0 Å². The highest BCUT2D eigenvalue weighted by Gasteiger charge is 2.30. The normalized spacial score (nSPS) is 22.9. The number of carbonyl (C=O) groups excluding carboxylic acids is 1. The first kappa shape index (κ1) is 16.3. The molecule has 1 aromatic rings. The van der Waals surface area contributed by atoms with Gasteiger partial charge in [0.1, 0.15) is 0 Å². The summed E-state index contributed by atoms with van der Waals surface area (Å²) in [4.78, 5) is 19.5. The third kappa shape index (κ3) is 3.51. The molecule has 0 saturated carbocycles. The van der Waals surface area contributed by atoms with Gasteiger partial charge in [-0.15, -0.1) is 0 Å². The monoisotopic (exact) mass is 317 g/mol. The lowest BCUT2D eigenvalue weighted by molar-refractivity contribution is 0.0361. The summed E-state index contributed by atoms with van der Waals surface area (Å²) in [5.74, 6) is 0.156. The molecule has 5 nitrogen and oxygen atoms in total. The van der Waals surface area contributed by atoms with Gasteiger partial charge in [0.05, 0.1) is 18.8 Å². The molecular formula is C18H27N3O2. The van der Waals surface area contributed by atoms with E-state index in [1.807, 2.05) is 23.1 Å². The first-order valence-corrected chi connectivity index (χ1v) is 8.62. The van der Waals surface area contributed by atoms with Crippen LogP contribution in [0, 0.1) is 0 Å². The van der Waals surface area contributed by atoms with E-state index in [0.29, 0.717) is 6.04 Å². The zero-order chi connectivity index (χ0) is 16.2. The molecule has 3 rings (SSSR count). The fourth-order valence-corrected chi connectivity index (χ4v) is 3.50. The van der Waals surface area contributed by atoms with E-state index in [4.69, 9.17) is 4.74 Å². The third-order valence-electron chi connectivity index (χ3n) is 5.04. The number of morpholine rings is 1. The molecule has 0 radical (unpaired) electrons. The van der Waals surface area contributed by atoms with Crippen LogP contribution in [0.15, 0.2) is 24.3 Å². The topological polar surface area (TPSA) is 36.0 Å². The Bertz CT molecular complexity index is 543. The number of benzene rings is 1. The minimum absolute atomic E-state index is 0.156. The summed E-state index contributed by atoms with van der Waals surface area (Å²) in [6, 6.07) is 8.33. The van der Waals surface area contributed by atoms with Crippen LogP contribution in [0.5, 0.6) is 0 Å². The maximum atomic E-state index is 12.7. The number of ether oxygens (including phenoxy) is 1. The van der Waals surface area contributed by atoms with Crippen LogP contribution in [0.4, 0.5) is 5.69 Å². The summed E-state index contributed by atoms with van der Waals surface area (Å²) < 4.78 is 5.42. The van der Waals surface area contributed by atoms with Crippen LogP contribution < -0.4 is 4.90 Å². The van der Waals surface area contributed by atoms with Crippen LogP contribution in [-0.2, 0) is 4.74 Å². The highest BCUT2D eigenvalue weighted by Crippen LogP contribution is 2.27. The Labute approximate surface area is 138 Å². The number of hydrogen-bond donors (Lipinski definition) is 0. The Hall–Kier alpha value is -1.59. The van der Waals surface area contributed by atoms with Crippen molar-refractivity contribution in [3.63, 3.8) is 0 Å². The average Bonchev–Trinajstić information content (AvgIpc) is 2.71. The van der Waals surface area contributed by atoms with Crippen molar-refractivity contribution in [2.75, 3.05) is 57.9 Å².